The minimum absolute atomic E-state index is 0.0742. The van der Waals surface area contributed by atoms with Crippen molar-refractivity contribution >= 4 is 46.4 Å². The lowest BCUT2D eigenvalue weighted by molar-refractivity contribution is -0.0609. The second-order valence-electron chi connectivity index (χ2n) is 22.2. The minimum Gasteiger partial charge on any atom is -0.506 e. The maximum Gasteiger partial charge on any atom is 0.255 e. The van der Waals surface area contributed by atoms with Crippen LogP contribution in [0.3, 0.4) is 0 Å². The van der Waals surface area contributed by atoms with Gasteiger partial charge in [-0.05, 0) is 214 Å². The van der Waals surface area contributed by atoms with Crippen molar-refractivity contribution in [3.8, 4) is 23.0 Å². The van der Waals surface area contributed by atoms with Gasteiger partial charge in [-0.2, -0.15) is 0 Å². The molecule has 0 aromatic heterocycles. The second kappa shape index (κ2) is 34.8. The third-order valence-electron chi connectivity index (χ3n) is 15.5. The van der Waals surface area contributed by atoms with Crippen molar-refractivity contribution in [1.82, 2.24) is 0 Å². The maximum atomic E-state index is 12.5. The van der Waals surface area contributed by atoms with E-state index in [0.29, 0.717) is 81.0 Å². The van der Waals surface area contributed by atoms with Gasteiger partial charge in [-0.25, -0.2) is 0 Å². The summed E-state index contributed by atoms with van der Waals surface area (Å²) in [6, 6.07) is 53.6. The molecule has 0 aliphatic carbocycles. The zero-order chi connectivity index (χ0) is 64.5. The molecule has 0 bridgehead atoms. The fraction of sp³-hybridized carbons (Fsp3) is 0.307. The van der Waals surface area contributed by atoms with Crippen molar-refractivity contribution in [1.29, 1.82) is 0 Å². The van der Waals surface area contributed by atoms with Gasteiger partial charge in [0, 0.05) is 28.9 Å². The Hall–Kier alpha value is -9.20. The van der Waals surface area contributed by atoms with E-state index in [4.69, 9.17) is 9.47 Å². The van der Waals surface area contributed by atoms with Crippen LogP contribution < -0.4 is 26.0 Å². The van der Waals surface area contributed by atoms with Crippen molar-refractivity contribution in [2.75, 3.05) is 27.9 Å². The highest BCUT2D eigenvalue weighted by molar-refractivity contribution is 6.07. The minimum atomic E-state index is -0.377. The van der Waals surface area contributed by atoms with Crippen LogP contribution in [0.5, 0.6) is 23.0 Å². The Kier molecular flexibility index (Phi) is 27.5. The molecule has 8 aromatic carbocycles. The Morgan fingerprint density at radius 2 is 0.750 bits per heavy atom. The van der Waals surface area contributed by atoms with E-state index in [1.807, 2.05) is 155 Å². The van der Waals surface area contributed by atoms with Gasteiger partial charge in [-0.3, -0.25) is 19.2 Å². The molecule has 0 radical (unpaired) electrons. The molecule has 4 amide bonds. The number of nitrogens with one attached hydrogen (secondary N) is 4. The lowest BCUT2D eigenvalue weighted by atomic mass is 9.97. The first-order valence-electron chi connectivity index (χ1n) is 30.5. The van der Waals surface area contributed by atoms with Crippen LogP contribution in [0.25, 0.3) is 0 Å². The number of hydrogen-bond acceptors (Lipinski definition) is 9. The van der Waals surface area contributed by atoms with Crippen LogP contribution in [-0.4, -0.2) is 51.8 Å². The molecule has 7 N–H and O–H groups in total. The number of rotatable bonds is 20. The monoisotopic (exact) mass is 1190 g/mol. The number of para-hydroxylation sites is 3. The summed E-state index contributed by atoms with van der Waals surface area (Å²) in [6.07, 6.45) is 3.92. The van der Waals surface area contributed by atoms with Crippen LogP contribution in [0, 0.1) is 20.8 Å². The van der Waals surface area contributed by atoms with Gasteiger partial charge in [0.2, 0.25) is 0 Å². The molecule has 5 unspecified atom stereocenters. The quantitative estimate of drug-likeness (QED) is 0.0287. The summed E-state index contributed by atoms with van der Waals surface area (Å²) in [5, 5.41) is 40.6. The van der Waals surface area contributed by atoms with Crippen LogP contribution in [0.2, 0.25) is 0 Å². The number of carbonyl (C=O) groups is 4. The highest BCUT2D eigenvalue weighted by Gasteiger charge is 2.16. The maximum absolute atomic E-state index is 12.5. The first kappa shape index (κ1) is 69.6. The van der Waals surface area contributed by atoms with Crippen LogP contribution in [0.1, 0.15) is 199 Å². The molecule has 5 atom stereocenters. The number of ether oxygens (including phenoxy) is 2. The van der Waals surface area contributed by atoms with Gasteiger partial charge in [0.25, 0.3) is 23.6 Å². The molecular formula is C75H90N4O9. The lowest BCUT2D eigenvalue weighted by Gasteiger charge is -2.17. The van der Waals surface area contributed by atoms with Crippen LogP contribution in [0.15, 0.2) is 176 Å². The molecule has 13 nitrogen and oxygen atoms in total. The summed E-state index contributed by atoms with van der Waals surface area (Å²) in [5.41, 5.74) is 11.9. The number of anilines is 4. The largest absolute Gasteiger partial charge is 0.506 e. The van der Waals surface area contributed by atoms with E-state index in [-0.39, 0.29) is 47.2 Å². The molecule has 0 saturated carbocycles. The number of phenolic OH excluding ortho intramolecular Hbond substituents is 3. The van der Waals surface area contributed by atoms with Crippen molar-refractivity contribution < 1.29 is 44.0 Å². The summed E-state index contributed by atoms with van der Waals surface area (Å²) in [5.74, 6) is 2.01. The fourth-order valence-electron chi connectivity index (χ4n) is 8.95. The van der Waals surface area contributed by atoms with E-state index in [0.717, 1.165) is 42.4 Å². The molecule has 0 spiro atoms. The number of amides is 4. The van der Waals surface area contributed by atoms with E-state index in [1.54, 1.807) is 55.5 Å². The van der Waals surface area contributed by atoms with Crippen molar-refractivity contribution in [3.05, 3.63) is 237 Å². The Balaban J connectivity index is 0.000000214. The molecule has 13 heteroatoms. The standard InChI is InChI=1S/C21H27NO3.3C18H21NO2/c1-5-15(3)17-11-13-18(14-12-17)21(23)22-19-9-7-8-10-20(19)25-16(4)24-6-2;1-4-13(3)14-6-8-15(9-7-14)18(21)19-16-11-12(2)5-10-17(16)20;1-4-13(3)14-6-8-15(9-7-14)18(21)19-16-10-5-12(2)11-17(16)20;1-4-12(2)14-8-10-15(11-9-14)18(21)19-16-7-5-6-13(3)17(16)20/h7-16H,5-6H2,1-4H3,(H,22,23);2*5-11,13,20H,4H2,1-3H3,(H,19,21);5-12,20H,4H2,1-3H3,(H,19,21). The predicted molar refractivity (Wildman–Crippen MR) is 359 cm³/mol. The van der Waals surface area contributed by atoms with Gasteiger partial charge in [0.1, 0.15) is 23.0 Å². The lowest BCUT2D eigenvalue weighted by Crippen LogP contribution is -2.18. The Bertz CT molecular complexity index is 3440. The number of aryl methyl sites for hydroxylation is 3. The molecular weight excluding hydrogens is 1100 g/mol. The first-order chi connectivity index (χ1) is 42.1. The Morgan fingerprint density at radius 3 is 1.16 bits per heavy atom. The number of hydrogen-bond donors (Lipinski definition) is 7. The normalized spacial score (nSPS) is 12.3. The molecule has 0 aliphatic rings. The zero-order valence-electron chi connectivity index (χ0n) is 53.5. The molecule has 0 fully saturated rings. The summed E-state index contributed by atoms with van der Waals surface area (Å²) in [7, 11) is 0. The van der Waals surface area contributed by atoms with E-state index < -0.39 is 0 Å². The Labute approximate surface area is 521 Å². The first-order valence-corrected chi connectivity index (χ1v) is 30.5. The summed E-state index contributed by atoms with van der Waals surface area (Å²) in [4.78, 5) is 49.1. The number of carbonyl (C=O) groups excluding carboxylic acids is 4. The van der Waals surface area contributed by atoms with E-state index in [2.05, 4.69) is 76.7 Å². The van der Waals surface area contributed by atoms with Gasteiger partial charge in [-0.15, -0.1) is 0 Å². The molecule has 464 valence electrons. The van der Waals surface area contributed by atoms with Gasteiger partial charge < -0.3 is 46.1 Å². The fourth-order valence-corrected chi connectivity index (χ4v) is 8.95. The zero-order valence-corrected chi connectivity index (χ0v) is 53.5. The number of aromatic hydroxyl groups is 3. The average molecular weight is 1190 g/mol. The average Bonchev–Trinajstić information content (AvgIpc) is 3.75. The van der Waals surface area contributed by atoms with E-state index in [1.165, 1.54) is 22.3 Å². The molecule has 0 saturated heterocycles. The molecule has 88 heavy (non-hydrogen) atoms. The van der Waals surface area contributed by atoms with E-state index in [9.17, 15) is 34.5 Å². The van der Waals surface area contributed by atoms with Crippen molar-refractivity contribution in [3.63, 3.8) is 0 Å². The summed E-state index contributed by atoms with van der Waals surface area (Å²) >= 11 is 0. The van der Waals surface area contributed by atoms with Crippen LogP contribution in [-0.2, 0) is 4.74 Å². The second-order valence-corrected chi connectivity index (χ2v) is 22.2. The highest BCUT2D eigenvalue weighted by Crippen LogP contribution is 2.31. The number of benzene rings is 8. The van der Waals surface area contributed by atoms with E-state index >= 15 is 0 Å². The highest BCUT2D eigenvalue weighted by atomic mass is 16.7. The van der Waals surface area contributed by atoms with Gasteiger partial charge in [0.05, 0.1) is 22.7 Å². The molecule has 0 heterocycles. The van der Waals surface area contributed by atoms with Crippen LogP contribution >= 0.6 is 0 Å². The molecule has 8 aromatic rings. The van der Waals surface area contributed by atoms with Crippen molar-refractivity contribution in [2.24, 2.45) is 0 Å². The summed E-state index contributed by atoms with van der Waals surface area (Å²) < 4.78 is 11.2. The SMILES string of the molecule is CCC(C)c1ccc(C(=O)Nc2cc(C)ccc2O)cc1.CCC(C)c1ccc(C(=O)Nc2ccc(C)cc2O)cc1.CCC(C)c1ccc(C(=O)Nc2cccc(C)c2O)cc1.CCOC(C)Oc1ccccc1NC(=O)c1ccc(C(C)CC)cc1. The van der Waals surface area contributed by atoms with Crippen LogP contribution in [0.4, 0.5) is 22.7 Å². The molecule has 0 aliphatic heterocycles. The summed E-state index contributed by atoms with van der Waals surface area (Å²) in [6.45, 7) is 27.2. The van der Waals surface area contributed by atoms with Gasteiger partial charge >= 0.3 is 0 Å². The number of phenols is 3. The van der Waals surface area contributed by atoms with Crippen molar-refractivity contribution in [2.45, 2.75) is 146 Å². The predicted octanol–water partition coefficient (Wildman–Crippen LogP) is 18.6. The third-order valence-corrected chi connectivity index (χ3v) is 15.5. The van der Waals surface area contributed by atoms with Gasteiger partial charge in [-0.1, -0.05) is 140 Å². The topological polar surface area (TPSA) is 196 Å². The Morgan fingerprint density at radius 1 is 0.386 bits per heavy atom. The van der Waals surface area contributed by atoms with Gasteiger partial charge in [0.15, 0.2) is 6.29 Å². The molecule has 8 rings (SSSR count). The smallest absolute Gasteiger partial charge is 0.255 e. The third kappa shape index (κ3) is 21.0.